The molecule has 7 atom stereocenters. The van der Waals surface area contributed by atoms with E-state index in [0.717, 1.165) is 70.6 Å². The molecule has 0 saturated carbocycles. The maximum Gasteiger partial charge on any atom is 0.305 e. The lowest BCUT2D eigenvalue weighted by Crippen LogP contribution is -2.60. The number of allylic oxidation sites excluding steroid dienone is 7. The molecule has 0 aromatic rings. The molecule has 0 aromatic heterocycles. The van der Waals surface area contributed by atoms with Crippen LogP contribution in [0.2, 0.25) is 0 Å². The molecule has 1 saturated heterocycles. The number of unbranched alkanes of at least 4 members (excludes halogenated alkanes) is 22. The Kier molecular flexibility index (Phi) is 39.3. The molecule has 6 N–H and O–H groups in total. The normalized spacial score (nSPS) is 20.4. The van der Waals surface area contributed by atoms with E-state index < -0.39 is 49.5 Å². The number of hydrogen-bond donors (Lipinski definition) is 6. The molecule has 63 heavy (non-hydrogen) atoms. The highest BCUT2D eigenvalue weighted by Gasteiger charge is 2.44. The van der Waals surface area contributed by atoms with Crippen molar-refractivity contribution in [1.82, 2.24) is 5.32 Å². The summed E-state index contributed by atoms with van der Waals surface area (Å²) in [6, 6.07) is -0.853. The Morgan fingerprint density at radius 2 is 1.10 bits per heavy atom. The van der Waals surface area contributed by atoms with Crippen LogP contribution in [-0.4, -0.2) is 100 Å². The van der Waals surface area contributed by atoms with Crippen LogP contribution in [0.15, 0.2) is 48.6 Å². The fraction of sp³-hybridized carbons (Fsp3) is 0.808. The number of hydrogen-bond acceptors (Lipinski definition) is 10. The Bertz CT molecular complexity index is 1190. The summed E-state index contributed by atoms with van der Waals surface area (Å²) < 4.78 is 16.6. The molecule has 1 heterocycles. The molecule has 11 nitrogen and oxygen atoms in total. The van der Waals surface area contributed by atoms with Crippen LogP contribution in [0.3, 0.4) is 0 Å². The van der Waals surface area contributed by atoms with Gasteiger partial charge in [-0.05, 0) is 70.6 Å². The molecule has 0 aliphatic carbocycles. The van der Waals surface area contributed by atoms with E-state index in [1.54, 1.807) is 6.08 Å². The zero-order valence-corrected chi connectivity index (χ0v) is 39.8. The highest BCUT2D eigenvalue weighted by molar-refractivity contribution is 5.76. The average Bonchev–Trinajstić information content (AvgIpc) is 3.28. The van der Waals surface area contributed by atoms with E-state index in [0.29, 0.717) is 19.4 Å². The van der Waals surface area contributed by atoms with Crippen molar-refractivity contribution in [2.45, 2.75) is 249 Å². The highest BCUT2D eigenvalue weighted by atomic mass is 16.7. The van der Waals surface area contributed by atoms with E-state index >= 15 is 0 Å². The van der Waals surface area contributed by atoms with Crippen LogP contribution in [0.25, 0.3) is 0 Å². The highest BCUT2D eigenvalue weighted by Crippen LogP contribution is 2.22. The van der Waals surface area contributed by atoms with Crippen LogP contribution in [0, 0.1) is 0 Å². The summed E-state index contributed by atoms with van der Waals surface area (Å²) in [5, 5.41) is 54.1. The molecule has 0 bridgehead atoms. The third-order valence-electron chi connectivity index (χ3n) is 11.7. The minimum atomic E-state index is -1.59. The van der Waals surface area contributed by atoms with Crippen LogP contribution in [0.1, 0.15) is 206 Å². The summed E-state index contributed by atoms with van der Waals surface area (Å²) in [5.74, 6) is -0.317. The van der Waals surface area contributed by atoms with Gasteiger partial charge >= 0.3 is 5.97 Å². The summed E-state index contributed by atoms with van der Waals surface area (Å²) in [4.78, 5) is 24.9. The maximum atomic E-state index is 12.9. The van der Waals surface area contributed by atoms with Crippen molar-refractivity contribution < 1.29 is 49.3 Å². The first kappa shape index (κ1) is 58.6. The lowest BCUT2D eigenvalue weighted by molar-refractivity contribution is -0.302. The van der Waals surface area contributed by atoms with Gasteiger partial charge in [-0.15, -0.1) is 0 Å². The lowest BCUT2D eigenvalue weighted by Gasteiger charge is -2.40. The fourth-order valence-electron chi connectivity index (χ4n) is 7.52. The second-order valence-electron chi connectivity index (χ2n) is 17.5. The van der Waals surface area contributed by atoms with E-state index in [-0.39, 0.29) is 24.9 Å². The summed E-state index contributed by atoms with van der Waals surface area (Å²) >= 11 is 0. The van der Waals surface area contributed by atoms with Gasteiger partial charge in [-0.2, -0.15) is 0 Å². The van der Waals surface area contributed by atoms with Gasteiger partial charge < -0.3 is 45.1 Å². The second kappa shape index (κ2) is 42.3. The standard InChI is InChI=1S/C52H93NO10/c1-3-5-7-9-11-13-18-22-26-30-34-38-45(55)44(43-62-52-51(60)50(59)49(58)46(42-54)63-52)53-47(56)39-35-31-27-23-20-16-15-17-21-25-29-33-37-41-61-48(57)40-36-32-28-24-19-14-12-10-8-6-4-2/h10,12,16,20,27,31,34,38,44-46,49-52,54-55,58-60H,3-9,11,13-15,17-19,21-26,28-30,32-33,35-37,39-43H2,1-2H3,(H,53,56)/b12-10-,20-16-,31-27-,38-34+. The number of carbonyl (C=O) groups excluding carboxylic acids is 2. The molecule has 1 amide bonds. The summed E-state index contributed by atoms with van der Waals surface area (Å²) in [5.41, 5.74) is 0. The Morgan fingerprint density at radius 3 is 1.70 bits per heavy atom. The Labute approximate surface area is 383 Å². The van der Waals surface area contributed by atoms with Crippen molar-refractivity contribution in [3.8, 4) is 0 Å². The van der Waals surface area contributed by atoms with E-state index in [4.69, 9.17) is 14.2 Å². The molecule has 1 aliphatic heterocycles. The lowest BCUT2D eigenvalue weighted by atomic mass is 9.99. The van der Waals surface area contributed by atoms with Crippen molar-refractivity contribution in [3.05, 3.63) is 48.6 Å². The van der Waals surface area contributed by atoms with Gasteiger partial charge in [0, 0.05) is 12.8 Å². The van der Waals surface area contributed by atoms with Gasteiger partial charge in [-0.25, -0.2) is 0 Å². The average molecular weight is 892 g/mol. The van der Waals surface area contributed by atoms with Crippen molar-refractivity contribution in [2.24, 2.45) is 0 Å². The van der Waals surface area contributed by atoms with Gasteiger partial charge in [0.1, 0.15) is 24.4 Å². The SMILES string of the molecule is CCCC/C=C\CCCCCCCC(=O)OCCCCCCCC/C=C\C/C=C\CCC(=O)NC(COC1OC(CO)C(O)C(O)C1O)C(O)/C=C/CCCCCCCCCCC. The Balaban J connectivity index is 2.24. The third-order valence-corrected chi connectivity index (χ3v) is 11.7. The predicted octanol–water partition coefficient (Wildman–Crippen LogP) is 10.2. The van der Waals surface area contributed by atoms with Crippen molar-refractivity contribution in [2.75, 3.05) is 19.8 Å². The van der Waals surface area contributed by atoms with Crippen LogP contribution in [0.5, 0.6) is 0 Å². The topological polar surface area (TPSA) is 175 Å². The third kappa shape index (κ3) is 32.9. The molecular formula is C52H93NO10. The Morgan fingerprint density at radius 1 is 0.587 bits per heavy atom. The first-order chi connectivity index (χ1) is 30.7. The smallest absolute Gasteiger partial charge is 0.305 e. The fourth-order valence-corrected chi connectivity index (χ4v) is 7.52. The van der Waals surface area contributed by atoms with E-state index in [1.807, 2.05) is 18.2 Å². The molecular weight excluding hydrogens is 799 g/mol. The zero-order valence-electron chi connectivity index (χ0n) is 39.8. The molecule has 1 rings (SSSR count). The zero-order chi connectivity index (χ0) is 46.0. The van der Waals surface area contributed by atoms with Crippen LogP contribution in [0.4, 0.5) is 0 Å². The Hall–Kier alpha value is -2.38. The number of nitrogens with one attached hydrogen (secondary N) is 1. The number of ether oxygens (including phenoxy) is 3. The van der Waals surface area contributed by atoms with Gasteiger partial charge in [-0.3, -0.25) is 9.59 Å². The number of esters is 1. The molecule has 11 heteroatoms. The first-order valence-electron chi connectivity index (χ1n) is 25.4. The van der Waals surface area contributed by atoms with Crippen molar-refractivity contribution in [1.29, 1.82) is 0 Å². The molecule has 1 fully saturated rings. The van der Waals surface area contributed by atoms with Gasteiger partial charge in [0.05, 0.1) is 32.0 Å². The van der Waals surface area contributed by atoms with E-state index in [9.17, 15) is 35.1 Å². The second-order valence-corrected chi connectivity index (χ2v) is 17.5. The van der Waals surface area contributed by atoms with Gasteiger partial charge in [0.15, 0.2) is 6.29 Å². The molecule has 0 radical (unpaired) electrons. The van der Waals surface area contributed by atoms with Gasteiger partial charge in [0.2, 0.25) is 5.91 Å². The largest absolute Gasteiger partial charge is 0.466 e. The molecule has 0 spiro atoms. The van der Waals surface area contributed by atoms with Crippen molar-refractivity contribution in [3.63, 3.8) is 0 Å². The number of carbonyl (C=O) groups is 2. The predicted molar refractivity (Wildman–Crippen MR) is 255 cm³/mol. The summed E-state index contributed by atoms with van der Waals surface area (Å²) in [6.45, 7) is 4.17. The molecule has 366 valence electrons. The number of aliphatic hydroxyl groups excluding tert-OH is 5. The number of amides is 1. The van der Waals surface area contributed by atoms with Gasteiger partial charge in [0.25, 0.3) is 0 Å². The van der Waals surface area contributed by atoms with Crippen molar-refractivity contribution >= 4 is 11.9 Å². The first-order valence-corrected chi connectivity index (χ1v) is 25.4. The minimum Gasteiger partial charge on any atom is -0.466 e. The number of aliphatic hydroxyl groups is 5. The molecule has 7 unspecified atom stereocenters. The van der Waals surface area contributed by atoms with E-state index in [2.05, 4.69) is 43.5 Å². The van der Waals surface area contributed by atoms with E-state index in [1.165, 1.54) is 103 Å². The molecule has 1 aliphatic rings. The maximum absolute atomic E-state index is 12.9. The molecule has 0 aromatic carbocycles. The number of rotatable bonds is 42. The minimum absolute atomic E-state index is 0.0515. The quantitative estimate of drug-likeness (QED) is 0.0197. The van der Waals surface area contributed by atoms with Crippen LogP contribution in [-0.2, 0) is 23.8 Å². The summed E-state index contributed by atoms with van der Waals surface area (Å²) in [7, 11) is 0. The summed E-state index contributed by atoms with van der Waals surface area (Å²) in [6.07, 6.45) is 40.6. The van der Waals surface area contributed by atoms with Crippen LogP contribution >= 0.6 is 0 Å². The van der Waals surface area contributed by atoms with Crippen LogP contribution < -0.4 is 5.32 Å². The van der Waals surface area contributed by atoms with Gasteiger partial charge in [-0.1, -0.05) is 172 Å². The monoisotopic (exact) mass is 892 g/mol.